The van der Waals surface area contributed by atoms with Gasteiger partial charge >= 0.3 is 0 Å². The third-order valence-corrected chi connectivity index (χ3v) is 5.20. The van der Waals surface area contributed by atoms with Crippen molar-refractivity contribution in [1.29, 1.82) is 0 Å². The van der Waals surface area contributed by atoms with Crippen LogP contribution in [0.5, 0.6) is 5.75 Å². The lowest BCUT2D eigenvalue weighted by molar-refractivity contribution is 0.102. The molecule has 0 saturated carbocycles. The van der Waals surface area contributed by atoms with Crippen LogP contribution in [0.25, 0.3) is 22.6 Å². The molecule has 0 saturated heterocycles. The average Bonchev–Trinajstić information content (AvgIpc) is 3.37. The van der Waals surface area contributed by atoms with Crippen molar-refractivity contribution >= 4 is 22.6 Å². The number of unbranched alkanes of at least 4 members (excludes halogenated alkanes) is 4. The number of carbonyl (C=O) groups is 1. The number of carbonyl (C=O) groups excluding carboxylic acids is 1. The first kappa shape index (κ1) is 22.2. The summed E-state index contributed by atoms with van der Waals surface area (Å²) < 4.78 is 11.6. The summed E-state index contributed by atoms with van der Waals surface area (Å²) >= 11 is 0. The molecular weight excluding hydrogens is 422 g/mol. The third kappa shape index (κ3) is 5.43. The van der Waals surface area contributed by atoms with E-state index in [0.717, 1.165) is 18.6 Å². The van der Waals surface area contributed by atoms with Gasteiger partial charge < -0.3 is 14.5 Å². The number of aromatic amines is 1. The molecule has 0 radical (unpaired) electrons. The van der Waals surface area contributed by atoms with Gasteiger partial charge in [0.05, 0.1) is 17.7 Å². The van der Waals surface area contributed by atoms with Gasteiger partial charge in [-0.25, -0.2) is 0 Å². The molecule has 2 aromatic heterocycles. The highest BCUT2D eigenvalue weighted by atomic mass is 16.5. The first-order valence-corrected chi connectivity index (χ1v) is 11.0. The van der Waals surface area contributed by atoms with Gasteiger partial charge in [-0.2, -0.15) is 5.21 Å². The SMILES string of the molecule is CCCCCCCOc1ccc(C(=O)Nc2cccc3c(=O)cc(-c4nn[nH]n4)oc23)cc1. The highest BCUT2D eigenvalue weighted by Crippen LogP contribution is 2.26. The van der Waals surface area contributed by atoms with Gasteiger partial charge in [0.15, 0.2) is 16.8 Å². The molecule has 0 aliphatic rings. The Morgan fingerprint density at radius 2 is 1.91 bits per heavy atom. The van der Waals surface area contributed by atoms with Gasteiger partial charge in [-0.05, 0) is 48.0 Å². The van der Waals surface area contributed by atoms with E-state index in [4.69, 9.17) is 9.15 Å². The van der Waals surface area contributed by atoms with Crippen molar-refractivity contribution in [2.24, 2.45) is 0 Å². The third-order valence-electron chi connectivity index (χ3n) is 5.20. The zero-order valence-electron chi connectivity index (χ0n) is 18.3. The molecule has 0 bridgehead atoms. The predicted molar refractivity (Wildman–Crippen MR) is 124 cm³/mol. The number of nitrogens with one attached hydrogen (secondary N) is 2. The number of anilines is 1. The zero-order chi connectivity index (χ0) is 23.0. The number of para-hydroxylation sites is 1. The molecule has 0 aliphatic heterocycles. The molecule has 0 atom stereocenters. The monoisotopic (exact) mass is 447 g/mol. The Hall–Kier alpha value is -4.01. The van der Waals surface area contributed by atoms with Crippen LogP contribution in [0.15, 0.2) is 57.7 Å². The van der Waals surface area contributed by atoms with Gasteiger partial charge in [0.1, 0.15) is 5.75 Å². The summed E-state index contributed by atoms with van der Waals surface area (Å²) in [5.74, 6) is 0.694. The molecule has 2 heterocycles. The molecule has 4 rings (SSSR count). The van der Waals surface area contributed by atoms with Crippen molar-refractivity contribution in [3.8, 4) is 17.3 Å². The van der Waals surface area contributed by atoms with Crippen LogP contribution >= 0.6 is 0 Å². The van der Waals surface area contributed by atoms with E-state index in [9.17, 15) is 9.59 Å². The Balaban J connectivity index is 1.46. The number of nitrogens with zero attached hydrogens (tertiary/aromatic N) is 3. The minimum atomic E-state index is -0.332. The number of ether oxygens (including phenoxy) is 1. The highest BCUT2D eigenvalue weighted by molar-refractivity contribution is 6.08. The number of hydrogen-bond acceptors (Lipinski definition) is 7. The molecule has 0 unspecified atom stereocenters. The van der Waals surface area contributed by atoms with Crippen molar-refractivity contribution < 1.29 is 13.9 Å². The number of aromatic nitrogens is 4. The quantitative estimate of drug-likeness (QED) is 0.341. The van der Waals surface area contributed by atoms with Gasteiger partial charge in [-0.3, -0.25) is 9.59 Å². The van der Waals surface area contributed by atoms with Crippen molar-refractivity contribution in [2.45, 2.75) is 39.0 Å². The maximum atomic E-state index is 12.8. The fraction of sp³-hybridized carbons (Fsp3) is 0.292. The van der Waals surface area contributed by atoms with E-state index in [-0.39, 0.29) is 28.5 Å². The van der Waals surface area contributed by atoms with Crippen molar-refractivity contribution in [3.05, 3.63) is 64.3 Å². The lowest BCUT2D eigenvalue weighted by atomic mass is 10.1. The van der Waals surface area contributed by atoms with Crippen LogP contribution < -0.4 is 15.5 Å². The minimum Gasteiger partial charge on any atom is -0.494 e. The number of rotatable bonds is 10. The Labute approximate surface area is 190 Å². The Morgan fingerprint density at radius 3 is 2.67 bits per heavy atom. The van der Waals surface area contributed by atoms with Crippen LogP contribution in [0.3, 0.4) is 0 Å². The van der Waals surface area contributed by atoms with Gasteiger partial charge in [0.2, 0.25) is 5.82 Å². The molecule has 0 fully saturated rings. The molecule has 4 aromatic rings. The number of hydrogen-bond donors (Lipinski definition) is 2. The minimum absolute atomic E-state index is 0.149. The number of tetrazole rings is 1. The largest absolute Gasteiger partial charge is 0.494 e. The molecule has 170 valence electrons. The maximum Gasteiger partial charge on any atom is 0.255 e. The van der Waals surface area contributed by atoms with E-state index in [1.165, 1.54) is 25.3 Å². The van der Waals surface area contributed by atoms with Gasteiger partial charge in [0, 0.05) is 11.6 Å². The van der Waals surface area contributed by atoms with Crippen molar-refractivity contribution in [2.75, 3.05) is 11.9 Å². The van der Waals surface area contributed by atoms with Gasteiger partial charge in [0.25, 0.3) is 5.91 Å². The number of benzene rings is 2. The second-order valence-corrected chi connectivity index (χ2v) is 7.63. The number of amides is 1. The van der Waals surface area contributed by atoms with Gasteiger partial charge in [-0.15, -0.1) is 10.2 Å². The summed E-state index contributed by atoms with van der Waals surface area (Å²) in [6.07, 6.45) is 5.87. The summed E-state index contributed by atoms with van der Waals surface area (Å²) in [5, 5.41) is 16.6. The average molecular weight is 447 g/mol. The van der Waals surface area contributed by atoms with E-state index in [1.54, 1.807) is 42.5 Å². The maximum absolute atomic E-state index is 12.8. The molecule has 2 aromatic carbocycles. The van der Waals surface area contributed by atoms with Crippen molar-refractivity contribution in [3.63, 3.8) is 0 Å². The van der Waals surface area contributed by atoms with Crippen LogP contribution in [0, 0.1) is 0 Å². The summed E-state index contributed by atoms with van der Waals surface area (Å²) in [7, 11) is 0. The molecule has 0 spiro atoms. The van der Waals surface area contributed by atoms with Crippen LogP contribution in [0.2, 0.25) is 0 Å². The number of H-pyrrole nitrogens is 1. The number of fused-ring (bicyclic) bond motifs is 1. The second kappa shape index (κ2) is 10.5. The predicted octanol–water partition coefficient (Wildman–Crippen LogP) is 4.57. The van der Waals surface area contributed by atoms with E-state index >= 15 is 0 Å². The lowest BCUT2D eigenvalue weighted by Gasteiger charge is -2.10. The van der Waals surface area contributed by atoms with Crippen LogP contribution in [0.1, 0.15) is 49.4 Å². The normalized spacial score (nSPS) is 10.9. The topological polar surface area (TPSA) is 123 Å². The first-order valence-electron chi connectivity index (χ1n) is 11.0. The fourth-order valence-electron chi connectivity index (χ4n) is 3.44. The second-order valence-electron chi connectivity index (χ2n) is 7.63. The summed E-state index contributed by atoms with van der Waals surface area (Å²) in [6, 6.07) is 13.2. The lowest BCUT2D eigenvalue weighted by Crippen LogP contribution is -2.13. The Morgan fingerprint density at radius 1 is 1.09 bits per heavy atom. The van der Waals surface area contributed by atoms with E-state index in [2.05, 4.69) is 32.9 Å². The molecule has 33 heavy (non-hydrogen) atoms. The Kier molecular flexibility index (Phi) is 7.09. The molecule has 9 nitrogen and oxygen atoms in total. The molecular formula is C24H25N5O4. The van der Waals surface area contributed by atoms with E-state index in [0.29, 0.717) is 23.2 Å². The van der Waals surface area contributed by atoms with Crippen molar-refractivity contribution in [1.82, 2.24) is 20.6 Å². The zero-order valence-corrected chi connectivity index (χ0v) is 18.3. The van der Waals surface area contributed by atoms with Gasteiger partial charge in [-0.1, -0.05) is 38.7 Å². The molecule has 1 amide bonds. The molecule has 9 heteroatoms. The van der Waals surface area contributed by atoms with Crippen LogP contribution in [0.4, 0.5) is 5.69 Å². The van der Waals surface area contributed by atoms with Crippen LogP contribution in [-0.2, 0) is 0 Å². The summed E-state index contributed by atoms with van der Waals surface area (Å²) in [6.45, 7) is 2.85. The van der Waals surface area contributed by atoms with E-state index < -0.39 is 0 Å². The summed E-state index contributed by atoms with van der Waals surface area (Å²) in [5.41, 5.74) is 0.788. The van der Waals surface area contributed by atoms with Crippen LogP contribution in [-0.4, -0.2) is 33.1 Å². The standard InChI is InChI=1S/C24H25N5O4/c1-2-3-4-5-6-14-32-17-12-10-16(11-13-17)24(31)25-19-9-7-8-18-20(30)15-21(33-22(18)19)23-26-28-29-27-23/h7-13,15H,2-6,14H2,1H3,(H,25,31)(H,26,27,28,29). The highest BCUT2D eigenvalue weighted by Gasteiger charge is 2.15. The fourth-order valence-corrected chi connectivity index (χ4v) is 3.44. The first-order chi connectivity index (χ1) is 16.2. The summed E-state index contributed by atoms with van der Waals surface area (Å²) in [4.78, 5) is 25.3. The molecule has 2 N–H and O–H groups in total. The molecule has 0 aliphatic carbocycles. The van der Waals surface area contributed by atoms with E-state index in [1.807, 2.05) is 0 Å². The Bertz CT molecular complexity index is 1270. The smallest absolute Gasteiger partial charge is 0.255 e.